The van der Waals surface area contributed by atoms with Crippen molar-refractivity contribution >= 4 is 11.3 Å². The van der Waals surface area contributed by atoms with Crippen LogP contribution in [0.3, 0.4) is 0 Å². The Morgan fingerprint density at radius 3 is 3.10 bits per heavy atom. The van der Waals surface area contributed by atoms with Gasteiger partial charge in [-0.3, -0.25) is 0 Å². The average molecular weight is 304 g/mol. The van der Waals surface area contributed by atoms with Gasteiger partial charge in [0.2, 0.25) is 0 Å². The van der Waals surface area contributed by atoms with Gasteiger partial charge in [-0.2, -0.15) is 0 Å². The molecule has 0 fully saturated rings. The van der Waals surface area contributed by atoms with Gasteiger partial charge in [0, 0.05) is 23.4 Å². The zero-order chi connectivity index (χ0) is 14.7. The normalized spacial score (nSPS) is 20.7. The Morgan fingerprint density at radius 2 is 2.38 bits per heavy atom. The van der Waals surface area contributed by atoms with Crippen LogP contribution in [-0.4, -0.2) is 18.6 Å². The summed E-state index contributed by atoms with van der Waals surface area (Å²) in [7, 11) is 1.69. The fraction of sp³-hybridized carbons (Fsp3) is 0.438. The minimum atomic E-state index is 0.0199. The predicted octanol–water partition coefficient (Wildman–Crippen LogP) is 3.72. The van der Waals surface area contributed by atoms with Crippen molar-refractivity contribution < 1.29 is 9.47 Å². The molecule has 5 heteroatoms. The first-order valence-electron chi connectivity index (χ1n) is 7.28. The van der Waals surface area contributed by atoms with Crippen LogP contribution in [0.1, 0.15) is 43.2 Å². The summed E-state index contributed by atoms with van der Waals surface area (Å²) in [4.78, 5) is 4.40. The van der Waals surface area contributed by atoms with Crippen molar-refractivity contribution in [2.24, 2.45) is 0 Å². The summed E-state index contributed by atoms with van der Waals surface area (Å²) in [6.07, 6.45) is 2.02. The van der Waals surface area contributed by atoms with Crippen LogP contribution < -0.4 is 14.8 Å². The topological polar surface area (TPSA) is 43.4 Å². The van der Waals surface area contributed by atoms with Crippen molar-refractivity contribution in [2.75, 3.05) is 13.7 Å². The molecular formula is C16H20N2O2S. The maximum absolute atomic E-state index is 6.13. The maximum atomic E-state index is 6.13. The van der Waals surface area contributed by atoms with E-state index in [1.165, 1.54) is 5.56 Å². The van der Waals surface area contributed by atoms with Crippen LogP contribution in [0.25, 0.3) is 0 Å². The molecule has 2 aromatic rings. The highest BCUT2D eigenvalue weighted by Gasteiger charge is 2.30. The van der Waals surface area contributed by atoms with Crippen LogP contribution >= 0.6 is 11.3 Å². The van der Waals surface area contributed by atoms with E-state index in [0.29, 0.717) is 0 Å². The first-order valence-corrected chi connectivity index (χ1v) is 8.22. The molecule has 3 rings (SSSR count). The Bertz CT molecular complexity index is 586. The van der Waals surface area contributed by atoms with E-state index in [2.05, 4.69) is 28.7 Å². The smallest absolute Gasteiger partial charge is 0.143 e. The molecule has 0 aliphatic carbocycles. The van der Waals surface area contributed by atoms with Crippen molar-refractivity contribution in [3.63, 3.8) is 0 Å². The second-order valence-electron chi connectivity index (χ2n) is 5.17. The molecule has 1 N–H and O–H groups in total. The van der Waals surface area contributed by atoms with Gasteiger partial charge in [0.15, 0.2) is 0 Å². The molecule has 1 aliphatic rings. The summed E-state index contributed by atoms with van der Waals surface area (Å²) in [5.41, 5.74) is 4.05. The van der Waals surface area contributed by atoms with Gasteiger partial charge in [-0.25, -0.2) is 4.98 Å². The Hall–Kier alpha value is -1.59. The molecule has 21 heavy (non-hydrogen) atoms. The monoisotopic (exact) mass is 304 g/mol. The second-order valence-corrected chi connectivity index (χ2v) is 5.88. The number of rotatable bonds is 5. The highest BCUT2D eigenvalue weighted by atomic mass is 32.1. The maximum Gasteiger partial charge on any atom is 0.143 e. The van der Waals surface area contributed by atoms with Gasteiger partial charge in [0.25, 0.3) is 0 Å². The molecule has 2 unspecified atom stereocenters. The van der Waals surface area contributed by atoms with Gasteiger partial charge in [0.05, 0.1) is 18.3 Å². The number of aromatic nitrogens is 1. The number of hydrogen-bond donors (Lipinski definition) is 1. The SMILES string of the molecule is CCCNC1CC(c2cscn2)Oc2ccc(OC)cc21. The van der Waals surface area contributed by atoms with Crippen LogP contribution in [0.4, 0.5) is 0 Å². The van der Waals surface area contributed by atoms with Crippen LogP contribution in [-0.2, 0) is 0 Å². The molecule has 0 amide bonds. The number of methoxy groups -OCH3 is 1. The van der Waals surface area contributed by atoms with Gasteiger partial charge in [-0.15, -0.1) is 11.3 Å². The van der Waals surface area contributed by atoms with Crippen LogP contribution in [0.15, 0.2) is 29.1 Å². The molecular weight excluding hydrogens is 284 g/mol. The van der Waals surface area contributed by atoms with E-state index in [-0.39, 0.29) is 12.1 Å². The number of nitrogens with one attached hydrogen (secondary N) is 1. The van der Waals surface area contributed by atoms with E-state index in [4.69, 9.17) is 9.47 Å². The molecule has 0 radical (unpaired) electrons. The van der Waals surface area contributed by atoms with Crippen LogP contribution in [0.5, 0.6) is 11.5 Å². The third kappa shape index (κ3) is 3.04. The van der Waals surface area contributed by atoms with E-state index in [1.54, 1.807) is 18.4 Å². The zero-order valence-electron chi connectivity index (χ0n) is 12.3. The number of ether oxygens (including phenoxy) is 2. The Balaban J connectivity index is 1.90. The van der Waals surface area contributed by atoms with Crippen LogP contribution in [0.2, 0.25) is 0 Å². The highest BCUT2D eigenvalue weighted by molar-refractivity contribution is 7.07. The molecule has 1 aliphatic heterocycles. The molecule has 2 atom stereocenters. The van der Waals surface area contributed by atoms with Gasteiger partial charge in [-0.05, 0) is 31.2 Å². The third-order valence-corrected chi connectivity index (χ3v) is 4.34. The van der Waals surface area contributed by atoms with Crippen molar-refractivity contribution in [2.45, 2.75) is 31.9 Å². The lowest BCUT2D eigenvalue weighted by molar-refractivity contribution is 0.148. The Morgan fingerprint density at radius 1 is 1.48 bits per heavy atom. The Kier molecular flexibility index (Phi) is 4.41. The largest absolute Gasteiger partial charge is 0.497 e. The van der Waals surface area contributed by atoms with Gasteiger partial charge in [-0.1, -0.05) is 6.92 Å². The highest BCUT2D eigenvalue weighted by Crippen LogP contribution is 2.42. The second kappa shape index (κ2) is 6.45. The standard InChI is InChI=1S/C16H20N2O2S/c1-3-6-17-13-8-16(14-9-21-10-18-14)20-15-5-4-11(19-2)7-12(13)15/h4-5,7,9-10,13,16-17H,3,6,8H2,1-2H3. The van der Waals surface area contributed by atoms with Crippen molar-refractivity contribution in [3.8, 4) is 11.5 Å². The van der Waals surface area contributed by atoms with Crippen molar-refractivity contribution in [1.29, 1.82) is 0 Å². The summed E-state index contributed by atoms with van der Waals surface area (Å²) in [5.74, 6) is 1.79. The quantitative estimate of drug-likeness (QED) is 0.914. The van der Waals surface area contributed by atoms with Gasteiger partial charge in [0.1, 0.15) is 17.6 Å². The Labute approximate surface area is 129 Å². The van der Waals surface area contributed by atoms with E-state index >= 15 is 0 Å². The number of nitrogens with zero attached hydrogens (tertiary/aromatic N) is 1. The van der Waals surface area contributed by atoms with Crippen LogP contribution in [0, 0.1) is 0 Å². The lowest BCUT2D eigenvalue weighted by Crippen LogP contribution is -2.29. The van der Waals surface area contributed by atoms with Gasteiger partial charge < -0.3 is 14.8 Å². The van der Waals surface area contributed by atoms with E-state index in [0.717, 1.165) is 36.6 Å². The third-order valence-electron chi connectivity index (χ3n) is 3.73. The summed E-state index contributed by atoms with van der Waals surface area (Å²) >= 11 is 1.61. The molecule has 0 saturated heterocycles. The summed E-state index contributed by atoms with van der Waals surface area (Å²) in [5, 5.41) is 5.68. The number of thiazole rings is 1. The molecule has 4 nitrogen and oxygen atoms in total. The first kappa shape index (κ1) is 14.4. The summed E-state index contributed by atoms with van der Waals surface area (Å²) in [6.45, 7) is 3.17. The first-order chi connectivity index (χ1) is 10.3. The number of benzene rings is 1. The van der Waals surface area contributed by atoms with Gasteiger partial charge >= 0.3 is 0 Å². The number of fused-ring (bicyclic) bond motifs is 1. The van der Waals surface area contributed by atoms with E-state index in [1.807, 2.05) is 17.6 Å². The lowest BCUT2D eigenvalue weighted by Gasteiger charge is -2.32. The lowest BCUT2D eigenvalue weighted by atomic mass is 9.95. The molecule has 0 bridgehead atoms. The molecule has 1 aromatic carbocycles. The molecule has 0 saturated carbocycles. The number of hydrogen-bond acceptors (Lipinski definition) is 5. The molecule has 112 valence electrons. The minimum absolute atomic E-state index is 0.0199. The van der Waals surface area contributed by atoms with E-state index in [9.17, 15) is 0 Å². The summed E-state index contributed by atoms with van der Waals surface area (Å²) < 4.78 is 11.5. The predicted molar refractivity (Wildman–Crippen MR) is 84.1 cm³/mol. The van der Waals surface area contributed by atoms with Crippen molar-refractivity contribution in [1.82, 2.24) is 10.3 Å². The van der Waals surface area contributed by atoms with Crippen molar-refractivity contribution in [3.05, 3.63) is 40.3 Å². The molecule has 1 aromatic heterocycles. The average Bonchev–Trinajstić information content (AvgIpc) is 3.06. The zero-order valence-corrected chi connectivity index (χ0v) is 13.2. The summed E-state index contributed by atoms with van der Waals surface area (Å²) in [6, 6.07) is 6.28. The fourth-order valence-electron chi connectivity index (χ4n) is 2.65. The minimum Gasteiger partial charge on any atom is -0.497 e. The molecule has 2 heterocycles. The van der Waals surface area contributed by atoms with E-state index < -0.39 is 0 Å². The molecule has 0 spiro atoms. The fourth-order valence-corrected chi connectivity index (χ4v) is 3.24.